The normalized spacial score (nSPS) is 12.8. The molecule has 0 unspecified atom stereocenters. The molecule has 0 fully saturated rings. The third kappa shape index (κ3) is 8.57. The molecule has 6 rings (SSSR count). The number of benzene rings is 4. The van der Waals surface area contributed by atoms with Crippen molar-refractivity contribution in [3.63, 3.8) is 0 Å². The SMILES string of the molecule is CC(C)(C)[Si](C)(C)O[C@@H](CNCCc1ccc2c(c1)oc(=O)n2CC=Cc1ccc(-c2ccccc2)c(NC(=O)O)c1)c1ccc(O)c2[nH]c(=O)ccc12. The van der Waals surface area contributed by atoms with E-state index in [0.717, 1.165) is 33.2 Å². The quantitative estimate of drug-likeness (QED) is 0.0581. The fourth-order valence-corrected chi connectivity index (χ4v) is 7.52. The van der Waals surface area contributed by atoms with Crippen LogP contribution in [0.25, 0.3) is 39.2 Å². The predicted octanol–water partition coefficient (Wildman–Crippen LogP) is 8.51. The van der Waals surface area contributed by atoms with Crippen LogP contribution in [0.1, 0.15) is 43.6 Å². The molecule has 5 N–H and O–H groups in total. The fraction of sp³-hybridized carbons (Fsp3) is 0.262. The second-order valence-electron chi connectivity index (χ2n) is 14.9. The number of fused-ring (bicyclic) bond motifs is 2. The van der Waals surface area contributed by atoms with Crippen LogP contribution in [0.15, 0.2) is 111 Å². The lowest BCUT2D eigenvalue weighted by atomic mass is 10.0. The first-order valence-corrected chi connectivity index (χ1v) is 20.8. The Bertz CT molecular complexity index is 2440. The molecule has 280 valence electrons. The summed E-state index contributed by atoms with van der Waals surface area (Å²) < 4.78 is 14.1. The number of carboxylic acid groups (broad SMARTS) is 1. The first-order chi connectivity index (χ1) is 25.7. The van der Waals surface area contributed by atoms with E-state index in [1.165, 1.54) is 6.07 Å². The van der Waals surface area contributed by atoms with Gasteiger partial charge in [-0.15, -0.1) is 0 Å². The number of hydrogen-bond donors (Lipinski definition) is 5. The van der Waals surface area contributed by atoms with Gasteiger partial charge in [0.1, 0.15) is 5.75 Å². The lowest BCUT2D eigenvalue weighted by molar-refractivity contribution is 0.182. The Kier molecular flexibility index (Phi) is 11.1. The number of H-pyrrole nitrogens is 1. The average molecular weight is 747 g/mol. The van der Waals surface area contributed by atoms with Crippen molar-refractivity contribution in [2.75, 3.05) is 18.4 Å². The molecule has 2 aromatic heterocycles. The molecule has 0 aliphatic carbocycles. The number of phenolic OH excluding ortho intramolecular Hbond substituents is 1. The average Bonchev–Trinajstić information content (AvgIpc) is 3.43. The molecular weight excluding hydrogens is 701 g/mol. The van der Waals surface area contributed by atoms with E-state index in [1.54, 1.807) is 22.8 Å². The van der Waals surface area contributed by atoms with Gasteiger partial charge < -0.3 is 29.4 Å². The van der Waals surface area contributed by atoms with Crippen LogP contribution < -0.4 is 21.9 Å². The van der Waals surface area contributed by atoms with E-state index in [4.69, 9.17) is 8.84 Å². The number of aromatic amines is 1. The third-order valence-electron chi connectivity index (χ3n) is 10.1. The van der Waals surface area contributed by atoms with E-state index in [2.05, 4.69) is 49.5 Å². The Labute approximate surface area is 314 Å². The minimum Gasteiger partial charge on any atom is -0.506 e. The molecule has 0 saturated carbocycles. The van der Waals surface area contributed by atoms with Gasteiger partial charge in [0, 0.05) is 30.1 Å². The van der Waals surface area contributed by atoms with E-state index in [1.807, 2.05) is 78.9 Å². The highest BCUT2D eigenvalue weighted by Crippen LogP contribution is 2.41. The molecule has 54 heavy (non-hydrogen) atoms. The van der Waals surface area contributed by atoms with Crippen LogP contribution in [0.5, 0.6) is 5.75 Å². The Balaban J connectivity index is 1.14. The molecule has 0 spiro atoms. The van der Waals surface area contributed by atoms with Crippen molar-refractivity contribution < 1.29 is 23.9 Å². The highest BCUT2D eigenvalue weighted by Gasteiger charge is 2.39. The minimum absolute atomic E-state index is 0.00957. The number of nitrogens with zero attached hydrogens (tertiary/aromatic N) is 1. The minimum atomic E-state index is -2.22. The van der Waals surface area contributed by atoms with E-state index in [9.17, 15) is 24.6 Å². The van der Waals surface area contributed by atoms with Crippen LogP contribution in [0, 0.1) is 0 Å². The summed E-state index contributed by atoms with van der Waals surface area (Å²) in [5, 5.41) is 26.7. The van der Waals surface area contributed by atoms with Crippen LogP contribution >= 0.6 is 0 Å². The predicted molar refractivity (Wildman–Crippen MR) is 217 cm³/mol. The highest BCUT2D eigenvalue weighted by atomic mass is 28.4. The Morgan fingerprint density at radius 3 is 2.52 bits per heavy atom. The summed E-state index contributed by atoms with van der Waals surface area (Å²) in [6, 6.07) is 27.5. The molecule has 6 aromatic rings. The summed E-state index contributed by atoms with van der Waals surface area (Å²) in [7, 11) is -2.22. The van der Waals surface area contributed by atoms with Gasteiger partial charge in [-0.2, -0.15) is 0 Å². The van der Waals surface area contributed by atoms with Gasteiger partial charge in [0.15, 0.2) is 13.9 Å². The van der Waals surface area contributed by atoms with Crippen LogP contribution in [0.4, 0.5) is 10.5 Å². The molecule has 1 atom stereocenters. The topological polar surface area (TPSA) is 159 Å². The molecular formula is C42H46N4O7Si. The Morgan fingerprint density at radius 1 is 1.00 bits per heavy atom. The zero-order valence-corrected chi connectivity index (χ0v) is 32.1. The van der Waals surface area contributed by atoms with Crippen LogP contribution in [0.3, 0.4) is 0 Å². The van der Waals surface area contributed by atoms with Gasteiger partial charge in [-0.1, -0.05) is 87.5 Å². The molecule has 0 aliphatic rings. The highest BCUT2D eigenvalue weighted by molar-refractivity contribution is 6.74. The molecule has 2 heterocycles. The summed E-state index contributed by atoms with van der Waals surface area (Å²) in [5.74, 6) is -0.457. The molecule has 1 amide bonds. The standard InChI is InChI=1S/C42H46N4O7Si/c1-42(2,3)54(4,5)53-37(31-16-19-35(47)39-32(31)17-20-38(48)45-39)26-43-22-21-28-14-18-34-36(25-28)52-41(51)46(34)23-9-10-27-13-15-30(29-11-7-6-8-12-29)33(24-27)44-40(49)50/h6-20,24-25,37,43-44,47H,21-23,26H2,1-5H3,(H,45,48)(H,49,50)/t37-/m0/s1. The maximum absolute atomic E-state index is 12.9. The first-order valence-electron chi connectivity index (χ1n) is 17.9. The number of amides is 1. The zero-order chi connectivity index (χ0) is 38.6. The van der Waals surface area contributed by atoms with E-state index in [-0.39, 0.29) is 29.0 Å². The van der Waals surface area contributed by atoms with Crippen molar-refractivity contribution in [1.29, 1.82) is 0 Å². The molecule has 0 saturated heterocycles. The molecule has 12 heteroatoms. The van der Waals surface area contributed by atoms with Crippen molar-refractivity contribution in [1.82, 2.24) is 14.9 Å². The lowest BCUT2D eigenvalue weighted by Gasteiger charge is -2.39. The van der Waals surface area contributed by atoms with Gasteiger partial charge in [-0.3, -0.25) is 14.7 Å². The largest absolute Gasteiger partial charge is 0.506 e. The number of pyridine rings is 1. The number of rotatable bonds is 13. The van der Waals surface area contributed by atoms with Gasteiger partial charge in [0.05, 0.1) is 22.8 Å². The van der Waals surface area contributed by atoms with Gasteiger partial charge in [0.25, 0.3) is 0 Å². The van der Waals surface area contributed by atoms with Crippen LogP contribution in [-0.2, 0) is 17.4 Å². The second-order valence-corrected chi connectivity index (χ2v) is 19.6. The number of hydrogen-bond acceptors (Lipinski definition) is 7. The molecule has 11 nitrogen and oxygen atoms in total. The number of allylic oxidation sites excluding steroid dienone is 1. The number of anilines is 1. The van der Waals surface area contributed by atoms with Crippen molar-refractivity contribution in [2.45, 2.75) is 58.0 Å². The van der Waals surface area contributed by atoms with Crippen molar-refractivity contribution in [3.05, 3.63) is 135 Å². The number of nitrogens with one attached hydrogen (secondary N) is 3. The summed E-state index contributed by atoms with van der Waals surface area (Å²) >= 11 is 0. The van der Waals surface area contributed by atoms with E-state index < -0.39 is 20.2 Å². The molecule has 0 radical (unpaired) electrons. The van der Waals surface area contributed by atoms with Crippen LogP contribution in [-0.4, -0.2) is 47.3 Å². The van der Waals surface area contributed by atoms with Crippen molar-refractivity contribution in [3.8, 4) is 16.9 Å². The monoisotopic (exact) mass is 746 g/mol. The van der Waals surface area contributed by atoms with Gasteiger partial charge >= 0.3 is 11.8 Å². The zero-order valence-electron chi connectivity index (χ0n) is 31.1. The maximum Gasteiger partial charge on any atom is 0.420 e. The first kappa shape index (κ1) is 38.0. The number of aromatic nitrogens is 2. The van der Waals surface area contributed by atoms with Gasteiger partial charge in [-0.05, 0) is 83.7 Å². The molecule has 4 aromatic carbocycles. The van der Waals surface area contributed by atoms with Crippen molar-refractivity contribution in [2.24, 2.45) is 0 Å². The summed E-state index contributed by atoms with van der Waals surface area (Å²) in [4.78, 5) is 39.2. The van der Waals surface area contributed by atoms with Crippen molar-refractivity contribution >= 4 is 48.2 Å². The fourth-order valence-electron chi connectivity index (χ4n) is 6.24. The number of oxazole rings is 1. The van der Waals surface area contributed by atoms with E-state index in [0.29, 0.717) is 41.8 Å². The lowest BCUT2D eigenvalue weighted by Crippen LogP contribution is -2.43. The summed E-state index contributed by atoms with van der Waals surface area (Å²) in [6.07, 6.45) is 2.88. The Hall–Kier alpha value is -5.69. The summed E-state index contributed by atoms with van der Waals surface area (Å²) in [6.45, 7) is 12.4. The van der Waals surface area contributed by atoms with Gasteiger partial charge in [0.2, 0.25) is 5.56 Å². The number of carbonyl (C=O) groups is 1. The Morgan fingerprint density at radius 2 is 1.78 bits per heavy atom. The third-order valence-corrected chi connectivity index (χ3v) is 14.6. The van der Waals surface area contributed by atoms with E-state index >= 15 is 0 Å². The number of aromatic hydroxyl groups is 1. The molecule has 0 aliphatic heterocycles. The van der Waals surface area contributed by atoms with Crippen LogP contribution in [0.2, 0.25) is 18.1 Å². The summed E-state index contributed by atoms with van der Waals surface area (Å²) in [5.41, 5.74) is 6.06. The second kappa shape index (κ2) is 15.7. The maximum atomic E-state index is 12.9. The smallest absolute Gasteiger partial charge is 0.420 e. The molecule has 0 bridgehead atoms. The van der Waals surface area contributed by atoms with Gasteiger partial charge in [-0.25, -0.2) is 9.59 Å². The number of phenols is 1.